The summed E-state index contributed by atoms with van der Waals surface area (Å²) < 4.78 is 6.01. The molecule has 0 radical (unpaired) electrons. The van der Waals surface area contributed by atoms with E-state index in [1.54, 1.807) is 29.2 Å². The van der Waals surface area contributed by atoms with E-state index in [2.05, 4.69) is 12.1 Å². The van der Waals surface area contributed by atoms with Crippen LogP contribution >= 0.6 is 11.8 Å². The number of nitro benzene ring substituents is 1. The lowest BCUT2D eigenvalue weighted by molar-refractivity contribution is -0.384. The lowest BCUT2D eigenvalue weighted by Crippen LogP contribution is -2.32. The van der Waals surface area contributed by atoms with Gasteiger partial charge in [-0.15, -0.1) is 0 Å². The van der Waals surface area contributed by atoms with Crippen molar-refractivity contribution in [1.82, 2.24) is 0 Å². The SMILES string of the molecule is N#CC1=C(N)N2C(=C(C#N)C1c1ccc(-c3cccc([N+](=O)[O-])c3)o1)Sc1ccccc12. The number of nitriles is 2. The average molecular weight is 439 g/mol. The maximum Gasteiger partial charge on any atom is 0.270 e. The van der Waals surface area contributed by atoms with Crippen molar-refractivity contribution < 1.29 is 9.34 Å². The first-order chi connectivity index (χ1) is 15.5. The first kappa shape index (κ1) is 19.5. The molecule has 0 saturated heterocycles. The van der Waals surface area contributed by atoms with Crippen molar-refractivity contribution in [3.63, 3.8) is 0 Å². The summed E-state index contributed by atoms with van der Waals surface area (Å²) in [7, 11) is 0. The summed E-state index contributed by atoms with van der Waals surface area (Å²) in [4.78, 5) is 13.3. The van der Waals surface area contributed by atoms with Crippen LogP contribution in [0.4, 0.5) is 11.4 Å². The summed E-state index contributed by atoms with van der Waals surface area (Å²) >= 11 is 1.42. The van der Waals surface area contributed by atoms with Crippen molar-refractivity contribution in [3.8, 4) is 23.5 Å². The van der Waals surface area contributed by atoms with E-state index in [1.165, 1.54) is 23.9 Å². The summed E-state index contributed by atoms with van der Waals surface area (Å²) in [6.45, 7) is 0. The zero-order valence-electron chi connectivity index (χ0n) is 16.4. The van der Waals surface area contributed by atoms with E-state index in [-0.39, 0.29) is 17.1 Å². The largest absolute Gasteiger partial charge is 0.460 e. The molecule has 0 fully saturated rings. The minimum absolute atomic E-state index is 0.0597. The monoisotopic (exact) mass is 439 g/mol. The van der Waals surface area contributed by atoms with Gasteiger partial charge in [-0.2, -0.15) is 10.5 Å². The number of nitro groups is 1. The molecule has 0 saturated carbocycles. The van der Waals surface area contributed by atoms with E-state index in [0.717, 1.165) is 10.6 Å². The van der Waals surface area contributed by atoms with Gasteiger partial charge < -0.3 is 10.2 Å². The molecule has 0 aliphatic carbocycles. The molecule has 5 rings (SSSR count). The van der Waals surface area contributed by atoms with Crippen LogP contribution in [0.5, 0.6) is 0 Å². The molecule has 1 atom stereocenters. The van der Waals surface area contributed by atoms with E-state index in [1.807, 2.05) is 24.3 Å². The minimum Gasteiger partial charge on any atom is -0.460 e. The molecule has 3 aromatic rings. The van der Waals surface area contributed by atoms with Gasteiger partial charge in [0.05, 0.1) is 39.8 Å². The molecule has 9 heteroatoms. The summed E-state index contributed by atoms with van der Waals surface area (Å²) in [5, 5.41) is 31.7. The first-order valence-corrected chi connectivity index (χ1v) is 10.3. The van der Waals surface area contributed by atoms with Gasteiger partial charge in [0.15, 0.2) is 0 Å². The molecule has 3 heterocycles. The van der Waals surface area contributed by atoms with Gasteiger partial charge in [-0.3, -0.25) is 15.0 Å². The van der Waals surface area contributed by atoms with E-state index < -0.39 is 10.8 Å². The van der Waals surface area contributed by atoms with Crippen molar-refractivity contribution in [1.29, 1.82) is 10.5 Å². The number of non-ortho nitro benzene ring substituents is 1. The highest BCUT2D eigenvalue weighted by atomic mass is 32.2. The number of hydrogen-bond donors (Lipinski definition) is 1. The Morgan fingerprint density at radius 3 is 2.59 bits per heavy atom. The molecule has 2 N–H and O–H groups in total. The predicted octanol–water partition coefficient (Wildman–Crippen LogP) is 4.99. The molecule has 0 bridgehead atoms. The first-order valence-electron chi connectivity index (χ1n) is 9.49. The fraction of sp³-hybridized carbons (Fsp3) is 0.0435. The van der Waals surface area contributed by atoms with Crippen LogP contribution in [0.25, 0.3) is 11.3 Å². The highest BCUT2D eigenvalue weighted by Crippen LogP contribution is 2.54. The number of para-hydroxylation sites is 1. The van der Waals surface area contributed by atoms with Crippen LogP contribution in [0.1, 0.15) is 11.7 Å². The van der Waals surface area contributed by atoms with Gasteiger partial charge in [0, 0.05) is 22.6 Å². The van der Waals surface area contributed by atoms with Crippen molar-refractivity contribution in [3.05, 3.63) is 98.5 Å². The van der Waals surface area contributed by atoms with E-state index >= 15 is 0 Å². The molecule has 1 unspecified atom stereocenters. The number of hydrogen-bond acceptors (Lipinski definition) is 8. The van der Waals surface area contributed by atoms with Gasteiger partial charge in [0.1, 0.15) is 22.4 Å². The molecule has 0 spiro atoms. The van der Waals surface area contributed by atoms with Crippen LogP contribution in [0.2, 0.25) is 0 Å². The molecule has 32 heavy (non-hydrogen) atoms. The number of thioether (sulfide) groups is 1. The van der Waals surface area contributed by atoms with E-state index in [4.69, 9.17) is 10.2 Å². The molecule has 8 nitrogen and oxygen atoms in total. The van der Waals surface area contributed by atoms with Crippen LogP contribution in [0.15, 0.2) is 92.0 Å². The number of nitrogens with zero attached hydrogens (tertiary/aromatic N) is 4. The molecular weight excluding hydrogens is 426 g/mol. The Labute approximate surface area is 186 Å². The average Bonchev–Trinajstić information content (AvgIpc) is 3.44. The summed E-state index contributed by atoms with van der Waals surface area (Å²) in [6, 6.07) is 21.4. The predicted molar refractivity (Wildman–Crippen MR) is 118 cm³/mol. The van der Waals surface area contributed by atoms with Crippen LogP contribution in [0.3, 0.4) is 0 Å². The fourth-order valence-electron chi connectivity index (χ4n) is 3.89. The zero-order valence-corrected chi connectivity index (χ0v) is 17.2. The Balaban J connectivity index is 1.63. The smallest absolute Gasteiger partial charge is 0.270 e. The van der Waals surface area contributed by atoms with Crippen molar-refractivity contribution >= 4 is 23.1 Å². The second-order valence-corrected chi connectivity index (χ2v) is 8.12. The van der Waals surface area contributed by atoms with Gasteiger partial charge in [-0.05, 0) is 24.3 Å². The Bertz CT molecular complexity index is 1440. The molecule has 154 valence electrons. The number of anilines is 1. The number of fused-ring (bicyclic) bond motifs is 3. The fourth-order valence-corrected chi connectivity index (χ4v) is 5.07. The van der Waals surface area contributed by atoms with Gasteiger partial charge in [0.2, 0.25) is 0 Å². The van der Waals surface area contributed by atoms with Crippen LogP contribution in [0, 0.1) is 32.8 Å². The number of rotatable bonds is 3. The van der Waals surface area contributed by atoms with Gasteiger partial charge in [0.25, 0.3) is 5.69 Å². The quantitative estimate of drug-likeness (QED) is 0.445. The highest BCUT2D eigenvalue weighted by molar-refractivity contribution is 8.03. The third kappa shape index (κ3) is 2.84. The lowest BCUT2D eigenvalue weighted by atomic mass is 9.87. The van der Waals surface area contributed by atoms with Gasteiger partial charge >= 0.3 is 0 Å². The number of furan rings is 1. The molecule has 2 aliphatic heterocycles. The molecule has 2 aromatic carbocycles. The van der Waals surface area contributed by atoms with Crippen LogP contribution < -0.4 is 10.6 Å². The number of allylic oxidation sites excluding steroid dienone is 2. The normalized spacial score (nSPS) is 16.9. The van der Waals surface area contributed by atoms with E-state index in [9.17, 15) is 20.6 Å². The third-order valence-corrected chi connectivity index (χ3v) is 6.50. The Hall–Kier alpha value is -4.47. The zero-order chi connectivity index (χ0) is 22.4. The molecular formula is C23H13N5O3S. The van der Waals surface area contributed by atoms with Crippen LogP contribution in [-0.4, -0.2) is 4.92 Å². The number of nitrogens with two attached hydrogens (primary N) is 1. The second-order valence-electron chi connectivity index (χ2n) is 7.09. The van der Waals surface area contributed by atoms with Crippen LogP contribution in [-0.2, 0) is 0 Å². The van der Waals surface area contributed by atoms with Gasteiger partial charge in [-0.1, -0.05) is 36.0 Å². The molecule has 0 amide bonds. The Morgan fingerprint density at radius 2 is 1.84 bits per heavy atom. The molecule has 1 aromatic heterocycles. The van der Waals surface area contributed by atoms with Gasteiger partial charge in [-0.25, -0.2) is 0 Å². The lowest BCUT2D eigenvalue weighted by Gasteiger charge is -2.30. The summed E-state index contributed by atoms with van der Waals surface area (Å²) in [5.41, 5.74) is 8.26. The van der Waals surface area contributed by atoms with Crippen molar-refractivity contribution in [2.24, 2.45) is 5.73 Å². The summed E-state index contributed by atoms with van der Waals surface area (Å²) in [5.74, 6) is 0.237. The summed E-state index contributed by atoms with van der Waals surface area (Å²) in [6.07, 6.45) is 0. The Kier molecular flexibility index (Phi) is 4.47. The number of benzene rings is 2. The Morgan fingerprint density at radius 1 is 1.06 bits per heavy atom. The minimum atomic E-state index is -0.773. The molecule has 2 aliphatic rings. The second kappa shape index (κ2) is 7.34. The third-order valence-electron chi connectivity index (χ3n) is 5.33. The maximum absolute atomic E-state index is 11.1. The van der Waals surface area contributed by atoms with Crippen molar-refractivity contribution in [2.45, 2.75) is 10.8 Å². The standard InChI is InChI=1S/C23H13N5O3S/c24-11-15-21(19-9-8-18(31-19)13-4-3-5-14(10-13)28(29)30)16(12-25)23-27(22(15)26)17-6-1-2-7-20(17)32-23/h1-10,21H,26H2. The maximum atomic E-state index is 11.1. The van der Waals surface area contributed by atoms with Crippen molar-refractivity contribution in [2.75, 3.05) is 4.90 Å². The topological polar surface area (TPSA) is 133 Å². The van der Waals surface area contributed by atoms with E-state index in [0.29, 0.717) is 27.7 Å². The highest BCUT2D eigenvalue weighted by Gasteiger charge is 2.41.